The Morgan fingerprint density at radius 2 is 1.71 bits per heavy atom. The molecule has 0 atom stereocenters. The van der Waals surface area contributed by atoms with Crippen molar-refractivity contribution >= 4 is 27.6 Å². The van der Waals surface area contributed by atoms with Crippen molar-refractivity contribution in [2.75, 3.05) is 6.61 Å². The lowest BCUT2D eigenvalue weighted by atomic mass is 10.1. The third-order valence-corrected chi connectivity index (χ3v) is 4.50. The summed E-state index contributed by atoms with van der Waals surface area (Å²) in [5.41, 5.74) is 1.83. The molecular formula is C17H18ClNO4S. The first-order valence-corrected chi connectivity index (χ1v) is 9.14. The highest BCUT2D eigenvalue weighted by Gasteiger charge is 2.16. The van der Waals surface area contributed by atoms with Gasteiger partial charge in [-0.05, 0) is 48.8 Å². The van der Waals surface area contributed by atoms with Crippen molar-refractivity contribution in [3.63, 3.8) is 0 Å². The highest BCUT2D eigenvalue weighted by molar-refractivity contribution is 7.86. The molecule has 0 aliphatic rings. The molecule has 0 saturated heterocycles. The maximum Gasteiger partial charge on any atom is 0.358 e. The van der Waals surface area contributed by atoms with E-state index in [-0.39, 0.29) is 10.8 Å². The molecule has 0 heterocycles. The van der Waals surface area contributed by atoms with E-state index in [1.807, 2.05) is 19.1 Å². The monoisotopic (exact) mass is 367 g/mol. The van der Waals surface area contributed by atoms with Crippen LogP contribution in [0.2, 0.25) is 5.02 Å². The van der Waals surface area contributed by atoms with E-state index in [2.05, 4.69) is 5.16 Å². The van der Waals surface area contributed by atoms with Gasteiger partial charge >= 0.3 is 10.1 Å². The Balaban J connectivity index is 2.15. The summed E-state index contributed by atoms with van der Waals surface area (Å²) < 4.78 is 34.4. The van der Waals surface area contributed by atoms with Crippen molar-refractivity contribution in [3.05, 3.63) is 64.7 Å². The van der Waals surface area contributed by atoms with E-state index in [0.29, 0.717) is 18.1 Å². The fraction of sp³-hybridized carbons (Fsp3) is 0.235. The maximum absolute atomic E-state index is 12.1. The Morgan fingerprint density at radius 3 is 2.29 bits per heavy atom. The molecular weight excluding hydrogens is 350 g/mol. The van der Waals surface area contributed by atoms with Crippen molar-refractivity contribution in [1.29, 1.82) is 0 Å². The first-order chi connectivity index (χ1) is 11.4. The fourth-order valence-electron chi connectivity index (χ4n) is 1.89. The van der Waals surface area contributed by atoms with Crippen LogP contribution in [0.1, 0.15) is 18.1 Å². The second-order valence-electron chi connectivity index (χ2n) is 5.06. The molecule has 7 heteroatoms. The quantitative estimate of drug-likeness (QED) is 0.440. The van der Waals surface area contributed by atoms with Crippen LogP contribution in [0.3, 0.4) is 0 Å². The number of benzene rings is 2. The topological polar surface area (TPSA) is 65.0 Å². The van der Waals surface area contributed by atoms with E-state index in [1.54, 1.807) is 31.2 Å². The molecule has 2 rings (SSSR count). The van der Waals surface area contributed by atoms with Crippen LogP contribution in [0, 0.1) is 6.92 Å². The molecule has 0 aliphatic carbocycles. The van der Waals surface area contributed by atoms with Gasteiger partial charge < -0.3 is 4.74 Å². The minimum Gasteiger partial charge on any atom is -0.479 e. The molecule has 0 radical (unpaired) electrons. The smallest absolute Gasteiger partial charge is 0.358 e. The van der Waals surface area contributed by atoms with Crippen LogP contribution in [0.5, 0.6) is 0 Å². The van der Waals surface area contributed by atoms with Crippen LogP contribution in [-0.4, -0.2) is 20.9 Å². The van der Waals surface area contributed by atoms with E-state index in [4.69, 9.17) is 20.6 Å². The second kappa shape index (κ2) is 8.17. The summed E-state index contributed by atoms with van der Waals surface area (Å²) in [7, 11) is -3.98. The maximum atomic E-state index is 12.1. The zero-order chi connectivity index (χ0) is 17.6. The van der Waals surface area contributed by atoms with Crippen LogP contribution < -0.4 is 0 Å². The number of halogens is 1. The minimum absolute atomic E-state index is 0.0409. The van der Waals surface area contributed by atoms with Gasteiger partial charge in [0, 0.05) is 5.02 Å². The Bertz CT molecular complexity index is 799. The predicted octanol–water partition coefficient (Wildman–Crippen LogP) is 3.95. The number of oxime groups is 1. The van der Waals surface area contributed by atoms with Gasteiger partial charge in [0.1, 0.15) is 4.90 Å². The molecule has 128 valence electrons. The van der Waals surface area contributed by atoms with Gasteiger partial charge in [0.25, 0.3) is 0 Å². The normalized spacial score (nSPS) is 12.0. The second-order valence-corrected chi connectivity index (χ2v) is 7.03. The summed E-state index contributed by atoms with van der Waals surface area (Å²) in [5, 5.41) is 4.29. The molecule has 0 aromatic heterocycles. The van der Waals surface area contributed by atoms with E-state index in [0.717, 1.165) is 11.1 Å². The van der Waals surface area contributed by atoms with Gasteiger partial charge in [-0.25, -0.2) is 0 Å². The third-order valence-electron chi connectivity index (χ3n) is 3.13. The number of hydrogen-bond acceptors (Lipinski definition) is 5. The Hall–Kier alpha value is -2.05. The zero-order valence-electron chi connectivity index (χ0n) is 13.4. The molecule has 0 saturated carbocycles. The summed E-state index contributed by atoms with van der Waals surface area (Å²) in [6, 6.07) is 13.4. The van der Waals surface area contributed by atoms with Gasteiger partial charge in [0.15, 0.2) is 0 Å². The first kappa shape index (κ1) is 18.3. The van der Waals surface area contributed by atoms with Crippen molar-refractivity contribution in [3.8, 4) is 0 Å². The van der Waals surface area contributed by atoms with Crippen LogP contribution in [0.15, 0.2) is 58.6 Å². The number of aryl methyl sites for hydroxylation is 1. The summed E-state index contributed by atoms with van der Waals surface area (Å²) in [6.45, 7) is 4.00. The number of rotatable bonds is 6. The first-order valence-electron chi connectivity index (χ1n) is 7.35. The van der Waals surface area contributed by atoms with E-state index in [9.17, 15) is 8.42 Å². The molecule has 5 nitrogen and oxygen atoms in total. The van der Waals surface area contributed by atoms with E-state index >= 15 is 0 Å². The summed E-state index contributed by atoms with van der Waals surface area (Å²) in [6.07, 6.45) is 0.300. The van der Waals surface area contributed by atoms with Crippen LogP contribution in [-0.2, 0) is 25.6 Å². The SMILES string of the molecule is CCO/C(Cc1ccc(Cl)cc1)=N\OS(=O)(=O)c1ccc(C)cc1. The molecule has 0 spiro atoms. The molecule has 0 unspecified atom stereocenters. The average molecular weight is 368 g/mol. The Morgan fingerprint density at radius 1 is 1.08 bits per heavy atom. The van der Waals surface area contributed by atoms with Crippen molar-refractivity contribution in [1.82, 2.24) is 0 Å². The molecule has 2 aromatic rings. The zero-order valence-corrected chi connectivity index (χ0v) is 15.0. The number of nitrogens with zero attached hydrogens (tertiary/aromatic N) is 1. The molecule has 0 aliphatic heterocycles. The molecule has 24 heavy (non-hydrogen) atoms. The highest BCUT2D eigenvalue weighted by Crippen LogP contribution is 2.15. The van der Waals surface area contributed by atoms with Crippen LogP contribution in [0.4, 0.5) is 0 Å². The highest BCUT2D eigenvalue weighted by atomic mass is 35.5. The van der Waals surface area contributed by atoms with Gasteiger partial charge in [-0.1, -0.05) is 41.4 Å². The lowest BCUT2D eigenvalue weighted by Gasteiger charge is -2.08. The molecule has 2 aromatic carbocycles. The van der Waals surface area contributed by atoms with Gasteiger partial charge in [0.2, 0.25) is 5.90 Å². The van der Waals surface area contributed by atoms with Crippen molar-refractivity contribution in [2.45, 2.75) is 25.2 Å². The van der Waals surface area contributed by atoms with Gasteiger partial charge in [-0.2, -0.15) is 8.42 Å². The molecule has 0 amide bonds. The number of ether oxygens (including phenoxy) is 1. The minimum atomic E-state index is -3.98. The average Bonchev–Trinajstić information content (AvgIpc) is 2.55. The van der Waals surface area contributed by atoms with Gasteiger partial charge in [0.05, 0.1) is 13.0 Å². The fourth-order valence-corrected chi connectivity index (χ4v) is 2.75. The lowest BCUT2D eigenvalue weighted by Crippen LogP contribution is -2.11. The van der Waals surface area contributed by atoms with Crippen LogP contribution in [0.25, 0.3) is 0 Å². The summed E-state index contributed by atoms with van der Waals surface area (Å²) >= 11 is 5.84. The van der Waals surface area contributed by atoms with E-state index in [1.165, 1.54) is 12.1 Å². The number of hydrogen-bond donors (Lipinski definition) is 0. The standard InChI is InChI=1S/C17H18ClNO4S/c1-3-22-17(12-14-6-8-15(18)9-7-14)19-23-24(20,21)16-10-4-13(2)5-11-16/h4-11H,3,12H2,1-2H3/b19-17-. The third kappa shape index (κ3) is 5.25. The predicted molar refractivity (Wildman–Crippen MR) is 93.7 cm³/mol. The molecule has 0 fully saturated rings. The van der Waals surface area contributed by atoms with Crippen molar-refractivity contribution < 1.29 is 17.4 Å². The molecule has 0 bridgehead atoms. The molecule has 0 N–H and O–H groups in total. The van der Waals surface area contributed by atoms with Gasteiger partial charge in [-0.15, -0.1) is 0 Å². The lowest BCUT2D eigenvalue weighted by molar-refractivity contribution is 0.274. The van der Waals surface area contributed by atoms with Crippen molar-refractivity contribution in [2.24, 2.45) is 5.16 Å². The van der Waals surface area contributed by atoms with Gasteiger partial charge in [-0.3, -0.25) is 4.28 Å². The van der Waals surface area contributed by atoms with Crippen LogP contribution >= 0.6 is 11.6 Å². The Kier molecular flexibility index (Phi) is 6.23. The summed E-state index contributed by atoms with van der Waals surface area (Å²) in [5.74, 6) is 0.176. The van der Waals surface area contributed by atoms with E-state index < -0.39 is 10.1 Å². The Labute approximate surface area is 147 Å². The summed E-state index contributed by atoms with van der Waals surface area (Å²) in [4.78, 5) is 0.0409. The largest absolute Gasteiger partial charge is 0.479 e.